The molecule has 1 atom stereocenters. The zero-order chi connectivity index (χ0) is 23.9. The largest absolute Gasteiger partial charge is 0.381 e. The molecule has 174 valence electrons. The highest BCUT2D eigenvalue weighted by molar-refractivity contribution is 7.90. The van der Waals surface area contributed by atoms with Crippen molar-refractivity contribution < 1.29 is 22.3 Å². The number of aryl methyl sites for hydroxylation is 1. The number of carbonyl (C=O) groups excluding carboxylic acids is 1. The lowest BCUT2D eigenvalue weighted by atomic mass is 9.92. The molecule has 0 aliphatic heterocycles. The average Bonchev–Trinajstić information content (AvgIpc) is 2.68. The number of nitrogens with one attached hydrogen (secondary N) is 3. The standard InChI is InChI=1S/C22H29FN4O4S/c1-5-31-11-10-20(24)27-22(3,14-32(4,29)30)17-12-16(7-8-18(17)23)26-21(28)19-9-6-15(2)13-25-19/h6-9,12-13H,5,10-11,14H2,1-4H3,(H2,24,27)(H,26,28)/t22-/m0/s1. The summed E-state index contributed by atoms with van der Waals surface area (Å²) in [5.74, 6) is -1.58. The molecule has 0 saturated carbocycles. The summed E-state index contributed by atoms with van der Waals surface area (Å²) >= 11 is 0. The van der Waals surface area contributed by atoms with Crippen molar-refractivity contribution in [3.63, 3.8) is 0 Å². The summed E-state index contributed by atoms with van der Waals surface area (Å²) in [6.07, 6.45) is 2.82. The number of pyridine rings is 1. The molecule has 0 spiro atoms. The van der Waals surface area contributed by atoms with E-state index in [9.17, 15) is 17.6 Å². The van der Waals surface area contributed by atoms with Gasteiger partial charge in [0.25, 0.3) is 5.91 Å². The van der Waals surface area contributed by atoms with E-state index in [0.29, 0.717) is 6.61 Å². The third kappa shape index (κ3) is 7.38. The Labute approximate surface area is 188 Å². The van der Waals surface area contributed by atoms with Crippen molar-refractivity contribution in [3.8, 4) is 0 Å². The molecule has 0 bridgehead atoms. The van der Waals surface area contributed by atoms with Gasteiger partial charge in [-0.1, -0.05) is 6.07 Å². The molecule has 0 fully saturated rings. The molecule has 32 heavy (non-hydrogen) atoms. The van der Waals surface area contributed by atoms with Crippen molar-refractivity contribution in [3.05, 3.63) is 59.2 Å². The van der Waals surface area contributed by atoms with Crippen LogP contribution >= 0.6 is 0 Å². The van der Waals surface area contributed by atoms with Crippen molar-refractivity contribution in [1.29, 1.82) is 5.41 Å². The molecule has 1 heterocycles. The van der Waals surface area contributed by atoms with Crippen molar-refractivity contribution in [2.75, 3.05) is 30.5 Å². The van der Waals surface area contributed by atoms with Gasteiger partial charge in [0, 0.05) is 36.7 Å². The number of halogens is 1. The first-order valence-corrected chi connectivity index (χ1v) is 12.1. The number of aromatic nitrogens is 1. The lowest BCUT2D eigenvalue weighted by Crippen LogP contribution is -2.48. The van der Waals surface area contributed by atoms with Crippen LogP contribution in [-0.2, 0) is 20.1 Å². The summed E-state index contributed by atoms with van der Waals surface area (Å²) in [7, 11) is -3.55. The van der Waals surface area contributed by atoms with Gasteiger partial charge in [-0.05, 0) is 50.6 Å². The SMILES string of the molecule is CCOCCC(=N)N[C@@](C)(CS(C)(=O)=O)c1cc(NC(=O)c2ccc(C)cn2)ccc1F. The van der Waals surface area contributed by atoms with Crippen LogP contribution in [0.2, 0.25) is 0 Å². The Morgan fingerprint density at radius 1 is 1.28 bits per heavy atom. The van der Waals surface area contributed by atoms with E-state index in [-0.39, 0.29) is 35.8 Å². The van der Waals surface area contributed by atoms with Crippen LogP contribution in [-0.4, -0.2) is 50.4 Å². The topological polar surface area (TPSA) is 121 Å². The number of anilines is 1. The number of nitrogens with zero attached hydrogens (tertiary/aromatic N) is 1. The molecular weight excluding hydrogens is 435 g/mol. The van der Waals surface area contributed by atoms with Gasteiger partial charge in [-0.3, -0.25) is 15.2 Å². The Hall–Kier alpha value is -2.85. The number of hydrogen-bond donors (Lipinski definition) is 3. The van der Waals surface area contributed by atoms with E-state index in [1.807, 2.05) is 13.8 Å². The fourth-order valence-electron chi connectivity index (χ4n) is 3.24. The second-order valence-electron chi connectivity index (χ2n) is 7.82. The van der Waals surface area contributed by atoms with Gasteiger partial charge in [0.15, 0.2) is 0 Å². The van der Waals surface area contributed by atoms with E-state index in [0.717, 1.165) is 17.9 Å². The first kappa shape index (κ1) is 25.4. The van der Waals surface area contributed by atoms with Gasteiger partial charge < -0.3 is 15.4 Å². The van der Waals surface area contributed by atoms with Crippen LogP contribution in [0.25, 0.3) is 0 Å². The van der Waals surface area contributed by atoms with Crippen LogP contribution in [0.15, 0.2) is 36.5 Å². The van der Waals surface area contributed by atoms with Gasteiger partial charge >= 0.3 is 0 Å². The number of sulfone groups is 1. The van der Waals surface area contributed by atoms with E-state index < -0.39 is 32.9 Å². The first-order valence-electron chi connectivity index (χ1n) is 10.1. The third-order valence-corrected chi connectivity index (χ3v) is 5.74. The van der Waals surface area contributed by atoms with Crippen molar-refractivity contribution in [1.82, 2.24) is 10.3 Å². The molecule has 10 heteroatoms. The van der Waals surface area contributed by atoms with Gasteiger partial charge in [-0.15, -0.1) is 0 Å². The Morgan fingerprint density at radius 2 is 2.00 bits per heavy atom. The maximum atomic E-state index is 14.8. The number of carbonyl (C=O) groups is 1. The summed E-state index contributed by atoms with van der Waals surface area (Å²) in [5, 5.41) is 13.7. The van der Waals surface area contributed by atoms with Crippen LogP contribution in [0.3, 0.4) is 0 Å². The quantitative estimate of drug-likeness (QED) is 0.282. The Bertz CT molecular complexity index is 1070. The number of ether oxygens (including phenoxy) is 1. The van der Waals surface area contributed by atoms with E-state index in [4.69, 9.17) is 10.1 Å². The zero-order valence-electron chi connectivity index (χ0n) is 18.7. The van der Waals surface area contributed by atoms with Gasteiger partial charge in [0.1, 0.15) is 21.3 Å². The molecule has 0 aliphatic rings. The van der Waals surface area contributed by atoms with Crippen molar-refractivity contribution in [2.24, 2.45) is 0 Å². The molecule has 2 rings (SSSR count). The minimum Gasteiger partial charge on any atom is -0.381 e. The maximum Gasteiger partial charge on any atom is 0.274 e. The Balaban J connectivity index is 2.34. The molecule has 1 aromatic heterocycles. The molecular formula is C22H29FN4O4S. The number of amides is 1. The van der Waals surface area contributed by atoms with E-state index in [1.54, 1.807) is 18.3 Å². The normalized spacial score (nSPS) is 13.3. The Morgan fingerprint density at radius 3 is 2.59 bits per heavy atom. The molecule has 1 amide bonds. The van der Waals surface area contributed by atoms with Crippen LogP contribution in [0.5, 0.6) is 0 Å². The van der Waals surface area contributed by atoms with Gasteiger partial charge in [0.2, 0.25) is 0 Å². The minimum atomic E-state index is -3.55. The molecule has 0 aliphatic carbocycles. The molecule has 1 aromatic carbocycles. The summed E-state index contributed by atoms with van der Waals surface area (Å²) < 4.78 is 44.3. The number of rotatable bonds is 10. The average molecular weight is 465 g/mol. The molecule has 3 N–H and O–H groups in total. The summed E-state index contributed by atoms with van der Waals surface area (Å²) in [6.45, 7) is 5.95. The minimum absolute atomic E-state index is 0.0127. The lowest BCUT2D eigenvalue weighted by molar-refractivity contribution is 0.102. The lowest BCUT2D eigenvalue weighted by Gasteiger charge is -2.32. The molecule has 0 unspecified atom stereocenters. The second kappa shape index (κ2) is 10.6. The highest BCUT2D eigenvalue weighted by atomic mass is 32.2. The monoisotopic (exact) mass is 464 g/mol. The predicted molar refractivity (Wildman–Crippen MR) is 122 cm³/mol. The number of hydrogen-bond acceptors (Lipinski definition) is 6. The molecule has 0 radical (unpaired) electrons. The van der Waals surface area contributed by atoms with Crippen LogP contribution in [0.1, 0.15) is 41.9 Å². The summed E-state index contributed by atoms with van der Waals surface area (Å²) in [4.78, 5) is 16.6. The molecule has 0 saturated heterocycles. The number of amidine groups is 1. The van der Waals surface area contributed by atoms with Crippen molar-refractivity contribution in [2.45, 2.75) is 32.7 Å². The van der Waals surface area contributed by atoms with Crippen LogP contribution in [0.4, 0.5) is 10.1 Å². The van der Waals surface area contributed by atoms with E-state index in [2.05, 4.69) is 15.6 Å². The predicted octanol–water partition coefficient (Wildman–Crippen LogP) is 3.03. The van der Waals surface area contributed by atoms with E-state index >= 15 is 0 Å². The van der Waals surface area contributed by atoms with Crippen LogP contribution < -0.4 is 10.6 Å². The van der Waals surface area contributed by atoms with Gasteiger partial charge in [-0.2, -0.15) is 0 Å². The highest BCUT2D eigenvalue weighted by Gasteiger charge is 2.34. The third-order valence-electron chi connectivity index (χ3n) is 4.64. The molecule has 8 nitrogen and oxygen atoms in total. The first-order chi connectivity index (χ1) is 14.9. The number of benzene rings is 1. The second-order valence-corrected chi connectivity index (χ2v) is 9.96. The summed E-state index contributed by atoms with van der Waals surface area (Å²) in [6, 6.07) is 7.23. The highest BCUT2D eigenvalue weighted by Crippen LogP contribution is 2.28. The van der Waals surface area contributed by atoms with Gasteiger partial charge in [0.05, 0.1) is 23.7 Å². The summed E-state index contributed by atoms with van der Waals surface area (Å²) in [5.41, 5.74) is -0.0600. The van der Waals surface area contributed by atoms with E-state index in [1.165, 1.54) is 19.1 Å². The van der Waals surface area contributed by atoms with Crippen LogP contribution in [0, 0.1) is 18.2 Å². The zero-order valence-corrected chi connectivity index (χ0v) is 19.5. The van der Waals surface area contributed by atoms with Crippen molar-refractivity contribution >= 4 is 27.3 Å². The fraction of sp³-hybridized carbons (Fsp3) is 0.409. The fourth-order valence-corrected chi connectivity index (χ4v) is 4.52. The molecule has 2 aromatic rings. The Kier molecular flexibility index (Phi) is 8.45. The maximum absolute atomic E-state index is 14.8. The van der Waals surface area contributed by atoms with Gasteiger partial charge in [-0.25, -0.2) is 12.8 Å². The smallest absolute Gasteiger partial charge is 0.274 e.